The molecule has 0 radical (unpaired) electrons. The fraction of sp³-hybridized carbons (Fsp3) is 0.370. The second-order valence-corrected chi connectivity index (χ2v) is 9.32. The third-order valence-electron chi connectivity index (χ3n) is 7.19. The van der Waals surface area contributed by atoms with E-state index in [9.17, 15) is 14.4 Å². The van der Waals surface area contributed by atoms with Crippen molar-refractivity contribution < 1.29 is 18.8 Å². The highest BCUT2D eigenvalue weighted by molar-refractivity contribution is 6.05. The van der Waals surface area contributed by atoms with E-state index in [1.165, 1.54) is 16.5 Å². The fourth-order valence-corrected chi connectivity index (χ4v) is 5.29. The highest BCUT2D eigenvalue weighted by Gasteiger charge is 2.40. The van der Waals surface area contributed by atoms with Gasteiger partial charge in [-0.2, -0.15) is 0 Å². The van der Waals surface area contributed by atoms with Crippen molar-refractivity contribution in [2.75, 3.05) is 13.1 Å². The van der Waals surface area contributed by atoms with Crippen molar-refractivity contribution >= 4 is 17.7 Å². The van der Waals surface area contributed by atoms with Crippen molar-refractivity contribution in [1.82, 2.24) is 15.1 Å². The predicted octanol–water partition coefficient (Wildman–Crippen LogP) is 2.95. The second kappa shape index (κ2) is 9.03. The SMILES string of the molecule is C#Cc1ccc(CN2CCC(c3cc4c(cc3F)C(=O)N(C3CCC(=O)NC3=O)C4)CC2)cc1. The van der Waals surface area contributed by atoms with Gasteiger partial charge in [-0.25, -0.2) is 4.39 Å². The standard InChI is InChI=1S/C27H26FN3O3/c1-2-17-3-5-18(6-4-17)15-30-11-9-19(10-12-30)21-13-20-16-31(27(34)22(20)14-23(21)28)24-7-8-25(32)29-26(24)33/h1,3-6,13-14,19,24H,7-12,15-16H2,(H,29,32,33). The van der Waals surface area contributed by atoms with E-state index in [1.807, 2.05) is 30.3 Å². The summed E-state index contributed by atoms with van der Waals surface area (Å²) in [6, 6.07) is 10.4. The number of hydrogen-bond donors (Lipinski definition) is 1. The maximum atomic E-state index is 15.1. The first-order chi connectivity index (χ1) is 16.4. The number of nitrogens with zero attached hydrogens (tertiary/aromatic N) is 2. The summed E-state index contributed by atoms with van der Waals surface area (Å²) in [7, 11) is 0. The van der Waals surface area contributed by atoms with Gasteiger partial charge < -0.3 is 4.90 Å². The van der Waals surface area contributed by atoms with Crippen LogP contribution in [0.2, 0.25) is 0 Å². The molecule has 3 aliphatic rings. The number of nitrogens with one attached hydrogen (secondary N) is 1. The molecule has 174 valence electrons. The number of piperidine rings is 2. The Kier molecular flexibility index (Phi) is 5.93. The smallest absolute Gasteiger partial charge is 0.255 e. The van der Waals surface area contributed by atoms with Crippen LogP contribution in [0.5, 0.6) is 0 Å². The van der Waals surface area contributed by atoms with Gasteiger partial charge in [-0.3, -0.25) is 24.6 Å². The molecule has 34 heavy (non-hydrogen) atoms. The van der Waals surface area contributed by atoms with Crippen molar-refractivity contribution in [1.29, 1.82) is 0 Å². The Morgan fingerprint density at radius 1 is 1.06 bits per heavy atom. The van der Waals surface area contributed by atoms with Crippen molar-refractivity contribution in [3.05, 3.63) is 70.0 Å². The van der Waals surface area contributed by atoms with Crippen LogP contribution in [-0.2, 0) is 22.7 Å². The second-order valence-electron chi connectivity index (χ2n) is 9.32. The summed E-state index contributed by atoms with van der Waals surface area (Å²) in [5.74, 6) is 1.22. The van der Waals surface area contributed by atoms with Crippen LogP contribution in [0.1, 0.15) is 64.2 Å². The zero-order chi connectivity index (χ0) is 23.8. The molecule has 0 saturated carbocycles. The molecular weight excluding hydrogens is 433 g/mol. The number of terminal acetylenes is 1. The number of amides is 3. The third-order valence-corrected chi connectivity index (χ3v) is 7.19. The summed E-state index contributed by atoms with van der Waals surface area (Å²) in [6.07, 6.45) is 7.59. The van der Waals surface area contributed by atoms with Gasteiger partial charge in [0.15, 0.2) is 0 Å². The first-order valence-electron chi connectivity index (χ1n) is 11.7. The number of imide groups is 1. The largest absolute Gasteiger partial charge is 0.322 e. The summed E-state index contributed by atoms with van der Waals surface area (Å²) in [6.45, 7) is 2.82. The zero-order valence-corrected chi connectivity index (χ0v) is 18.9. The molecule has 7 heteroatoms. The average molecular weight is 460 g/mol. The molecule has 1 atom stereocenters. The van der Waals surface area contributed by atoms with Crippen molar-refractivity contribution in [2.45, 2.75) is 50.7 Å². The predicted molar refractivity (Wildman–Crippen MR) is 124 cm³/mol. The fourth-order valence-electron chi connectivity index (χ4n) is 5.29. The van der Waals surface area contributed by atoms with Gasteiger partial charge in [0.25, 0.3) is 5.91 Å². The minimum Gasteiger partial charge on any atom is -0.322 e. The van der Waals surface area contributed by atoms with Crippen molar-refractivity contribution in [2.24, 2.45) is 0 Å². The first kappa shape index (κ1) is 22.3. The monoisotopic (exact) mass is 459 g/mol. The molecule has 2 aromatic rings. The maximum Gasteiger partial charge on any atom is 0.255 e. The molecule has 1 N–H and O–H groups in total. The van der Waals surface area contributed by atoms with Gasteiger partial charge in [-0.1, -0.05) is 24.1 Å². The van der Waals surface area contributed by atoms with Gasteiger partial charge in [-0.05, 0) is 73.2 Å². The number of halogens is 1. The number of carbonyl (C=O) groups is 3. The summed E-state index contributed by atoms with van der Waals surface area (Å²) >= 11 is 0. The average Bonchev–Trinajstić information content (AvgIpc) is 3.15. The molecule has 1 unspecified atom stereocenters. The third kappa shape index (κ3) is 4.22. The zero-order valence-electron chi connectivity index (χ0n) is 18.9. The van der Waals surface area contributed by atoms with E-state index in [4.69, 9.17) is 6.42 Å². The van der Waals surface area contributed by atoms with Crippen LogP contribution < -0.4 is 5.32 Å². The number of rotatable bonds is 4. The molecule has 3 aliphatic heterocycles. The number of likely N-dealkylation sites (tertiary alicyclic amines) is 1. The first-order valence-corrected chi connectivity index (χ1v) is 11.7. The van der Waals surface area contributed by atoms with E-state index in [0.717, 1.165) is 43.6 Å². The van der Waals surface area contributed by atoms with E-state index in [0.29, 0.717) is 17.5 Å². The van der Waals surface area contributed by atoms with Crippen LogP contribution in [0.3, 0.4) is 0 Å². The van der Waals surface area contributed by atoms with E-state index >= 15 is 4.39 Å². The number of carbonyl (C=O) groups excluding carboxylic acids is 3. The Labute approximate surface area is 198 Å². The molecule has 0 aliphatic carbocycles. The molecule has 3 heterocycles. The Hall–Kier alpha value is -3.50. The van der Waals surface area contributed by atoms with Crippen LogP contribution in [0.15, 0.2) is 36.4 Å². The van der Waals surface area contributed by atoms with Crippen molar-refractivity contribution in [3.8, 4) is 12.3 Å². The minimum absolute atomic E-state index is 0.0881. The van der Waals surface area contributed by atoms with Crippen LogP contribution >= 0.6 is 0 Å². The number of fused-ring (bicyclic) bond motifs is 1. The van der Waals surface area contributed by atoms with E-state index in [1.54, 1.807) is 0 Å². The van der Waals surface area contributed by atoms with E-state index in [-0.39, 0.29) is 36.5 Å². The molecule has 2 aromatic carbocycles. The Morgan fingerprint density at radius 3 is 2.47 bits per heavy atom. The number of benzene rings is 2. The van der Waals surface area contributed by atoms with E-state index < -0.39 is 11.9 Å². The van der Waals surface area contributed by atoms with Gasteiger partial charge in [-0.15, -0.1) is 6.42 Å². The van der Waals surface area contributed by atoms with Gasteiger partial charge in [0.2, 0.25) is 11.8 Å². The minimum atomic E-state index is -0.693. The Morgan fingerprint density at radius 2 is 1.79 bits per heavy atom. The summed E-state index contributed by atoms with van der Waals surface area (Å²) in [5, 5.41) is 2.30. The molecule has 2 fully saturated rings. The molecule has 0 bridgehead atoms. The molecule has 6 nitrogen and oxygen atoms in total. The highest BCUT2D eigenvalue weighted by atomic mass is 19.1. The lowest BCUT2D eigenvalue weighted by molar-refractivity contribution is -0.136. The number of hydrogen-bond acceptors (Lipinski definition) is 4. The lowest BCUT2D eigenvalue weighted by atomic mass is 9.87. The van der Waals surface area contributed by atoms with Crippen molar-refractivity contribution in [3.63, 3.8) is 0 Å². The lowest BCUT2D eigenvalue weighted by Gasteiger charge is -2.32. The van der Waals surface area contributed by atoms with Crippen LogP contribution in [0.25, 0.3) is 0 Å². The lowest BCUT2D eigenvalue weighted by Crippen LogP contribution is -2.52. The molecule has 3 amide bonds. The topological polar surface area (TPSA) is 69.7 Å². The van der Waals surface area contributed by atoms with Gasteiger partial charge in [0.1, 0.15) is 11.9 Å². The maximum absolute atomic E-state index is 15.1. The normalized spacial score (nSPS) is 21.4. The highest BCUT2D eigenvalue weighted by Crippen LogP contribution is 2.35. The molecular formula is C27H26FN3O3. The summed E-state index contributed by atoms with van der Waals surface area (Å²) in [4.78, 5) is 40.4. The quantitative estimate of drug-likeness (QED) is 0.564. The van der Waals surface area contributed by atoms with Gasteiger partial charge in [0.05, 0.1) is 0 Å². The van der Waals surface area contributed by atoms with Crippen LogP contribution in [0, 0.1) is 18.2 Å². The van der Waals surface area contributed by atoms with Gasteiger partial charge in [0, 0.05) is 30.6 Å². The van der Waals surface area contributed by atoms with Gasteiger partial charge >= 0.3 is 0 Å². The Balaban J connectivity index is 1.25. The molecule has 0 aromatic heterocycles. The van der Waals surface area contributed by atoms with Crippen LogP contribution in [-0.4, -0.2) is 46.7 Å². The van der Waals surface area contributed by atoms with Crippen LogP contribution in [0.4, 0.5) is 4.39 Å². The molecule has 2 saturated heterocycles. The summed E-state index contributed by atoms with van der Waals surface area (Å²) < 4.78 is 15.1. The Bertz CT molecular complexity index is 1190. The summed E-state index contributed by atoms with van der Waals surface area (Å²) in [5.41, 5.74) is 3.79. The molecule has 5 rings (SSSR count). The molecule has 0 spiro atoms. The van der Waals surface area contributed by atoms with E-state index in [2.05, 4.69) is 16.1 Å².